The third-order valence-corrected chi connectivity index (χ3v) is 4.65. The van der Waals surface area contributed by atoms with Crippen molar-refractivity contribution in [3.05, 3.63) is 0 Å². The van der Waals surface area contributed by atoms with Gasteiger partial charge in [-0.15, -0.1) is 0 Å². The van der Waals surface area contributed by atoms with Crippen LogP contribution in [0.2, 0.25) is 0 Å². The predicted molar refractivity (Wildman–Crippen MR) is 56.0 cm³/mol. The summed E-state index contributed by atoms with van der Waals surface area (Å²) in [6, 6.07) is 0. The second-order valence-corrected chi connectivity index (χ2v) is 5.28. The monoisotopic (exact) mass is 198 g/mol. The van der Waals surface area contributed by atoms with Gasteiger partial charge in [0.25, 0.3) is 0 Å². The van der Waals surface area contributed by atoms with E-state index in [1.54, 1.807) is 0 Å². The molecular weight excluding hydrogens is 176 g/mol. The molecule has 0 aromatic heterocycles. The molecule has 0 radical (unpaired) electrons. The lowest BCUT2D eigenvalue weighted by molar-refractivity contribution is -0.186. The van der Waals surface area contributed by atoms with Gasteiger partial charge in [0.1, 0.15) is 0 Å². The smallest absolute Gasteiger partial charge is 0.0728 e. The molecule has 1 atom stereocenters. The Kier molecular flexibility index (Phi) is 2.61. The maximum absolute atomic E-state index is 10.7. The van der Waals surface area contributed by atoms with Crippen LogP contribution in [-0.4, -0.2) is 21.9 Å². The Morgan fingerprint density at radius 1 is 0.929 bits per heavy atom. The van der Waals surface area contributed by atoms with Gasteiger partial charge in [-0.05, 0) is 32.6 Å². The van der Waals surface area contributed by atoms with Crippen molar-refractivity contribution in [2.75, 3.05) is 0 Å². The molecule has 82 valence electrons. The van der Waals surface area contributed by atoms with Gasteiger partial charge in [-0.25, -0.2) is 0 Å². The normalized spacial score (nSPS) is 45.6. The Morgan fingerprint density at radius 3 is 1.71 bits per heavy atom. The molecule has 2 saturated carbocycles. The fourth-order valence-corrected chi connectivity index (χ4v) is 3.74. The van der Waals surface area contributed by atoms with Crippen molar-refractivity contribution in [2.24, 2.45) is 5.41 Å². The average Bonchev–Trinajstić information content (AvgIpc) is 2.16. The molecule has 0 spiro atoms. The molecule has 2 rings (SSSR count). The molecule has 2 heteroatoms. The summed E-state index contributed by atoms with van der Waals surface area (Å²) in [6.45, 7) is 1.86. The molecule has 2 aliphatic carbocycles. The second kappa shape index (κ2) is 3.49. The van der Waals surface area contributed by atoms with E-state index in [2.05, 4.69) is 0 Å². The first-order chi connectivity index (χ1) is 6.61. The Morgan fingerprint density at radius 2 is 1.36 bits per heavy atom. The van der Waals surface area contributed by atoms with Gasteiger partial charge in [-0.1, -0.05) is 25.7 Å². The van der Waals surface area contributed by atoms with Gasteiger partial charge in [0.2, 0.25) is 0 Å². The zero-order valence-electron chi connectivity index (χ0n) is 9.13. The minimum atomic E-state index is -0.558. The van der Waals surface area contributed by atoms with Gasteiger partial charge in [0.05, 0.1) is 11.7 Å². The number of rotatable bonds is 1. The highest BCUT2D eigenvalue weighted by atomic mass is 16.3. The van der Waals surface area contributed by atoms with Crippen LogP contribution in [0, 0.1) is 5.41 Å². The van der Waals surface area contributed by atoms with E-state index in [1.807, 2.05) is 6.92 Å². The third kappa shape index (κ3) is 1.31. The molecule has 0 amide bonds. The summed E-state index contributed by atoms with van der Waals surface area (Å²) in [7, 11) is 0. The van der Waals surface area contributed by atoms with Crippen LogP contribution in [0.15, 0.2) is 0 Å². The average molecular weight is 198 g/mol. The molecule has 0 heterocycles. The zero-order chi connectivity index (χ0) is 10.2. The van der Waals surface area contributed by atoms with E-state index < -0.39 is 5.60 Å². The van der Waals surface area contributed by atoms with Crippen LogP contribution in [-0.2, 0) is 0 Å². The van der Waals surface area contributed by atoms with Gasteiger partial charge in [0, 0.05) is 5.41 Å². The van der Waals surface area contributed by atoms with Gasteiger partial charge < -0.3 is 10.2 Å². The Balaban J connectivity index is 2.29. The molecule has 0 aromatic carbocycles. The topological polar surface area (TPSA) is 40.5 Å². The molecule has 14 heavy (non-hydrogen) atoms. The van der Waals surface area contributed by atoms with Crippen molar-refractivity contribution in [1.29, 1.82) is 0 Å². The van der Waals surface area contributed by atoms with E-state index in [1.165, 1.54) is 12.8 Å². The number of aliphatic hydroxyl groups is 2. The van der Waals surface area contributed by atoms with Crippen molar-refractivity contribution < 1.29 is 10.2 Å². The Bertz CT molecular complexity index is 198. The molecule has 0 aromatic rings. The predicted octanol–water partition coefficient (Wildman–Crippen LogP) is 2.23. The highest BCUT2D eigenvalue weighted by Crippen LogP contribution is 2.54. The number of aliphatic hydroxyl groups excluding tert-OH is 1. The van der Waals surface area contributed by atoms with E-state index in [9.17, 15) is 10.2 Å². The first kappa shape index (κ1) is 10.4. The molecule has 2 aliphatic rings. The van der Waals surface area contributed by atoms with Crippen LogP contribution in [0.25, 0.3) is 0 Å². The Labute approximate surface area is 86.3 Å². The highest BCUT2D eigenvalue weighted by molar-refractivity contribution is 5.06. The minimum absolute atomic E-state index is 0.177. The summed E-state index contributed by atoms with van der Waals surface area (Å²) in [4.78, 5) is 0. The van der Waals surface area contributed by atoms with E-state index >= 15 is 0 Å². The van der Waals surface area contributed by atoms with Gasteiger partial charge in [-0.3, -0.25) is 0 Å². The van der Waals surface area contributed by atoms with Gasteiger partial charge in [-0.2, -0.15) is 0 Å². The van der Waals surface area contributed by atoms with Crippen LogP contribution in [0.4, 0.5) is 0 Å². The molecule has 2 nitrogen and oxygen atoms in total. The summed E-state index contributed by atoms with van der Waals surface area (Å²) < 4.78 is 0. The van der Waals surface area contributed by atoms with Crippen molar-refractivity contribution in [1.82, 2.24) is 0 Å². The molecule has 1 unspecified atom stereocenters. The quantitative estimate of drug-likeness (QED) is 0.678. The third-order valence-electron chi connectivity index (χ3n) is 4.65. The van der Waals surface area contributed by atoms with E-state index in [-0.39, 0.29) is 11.5 Å². The highest BCUT2D eigenvalue weighted by Gasteiger charge is 2.55. The second-order valence-electron chi connectivity index (χ2n) is 5.28. The maximum Gasteiger partial charge on any atom is 0.0728 e. The molecular formula is C12H22O2. The largest absolute Gasteiger partial charge is 0.393 e. The minimum Gasteiger partial charge on any atom is -0.393 e. The van der Waals surface area contributed by atoms with E-state index in [4.69, 9.17) is 0 Å². The first-order valence-corrected chi connectivity index (χ1v) is 6.01. The van der Waals surface area contributed by atoms with Crippen molar-refractivity contribution in [3.63, 3.8) is 0 Å². The summed E-state index contributed by atoms with van der Waals surface area (Å²) in [6.07, 6.45) is 8.09. The summed E-state index contributed by atoms with van der Waals surface area (Å²) in [5.41, 5.74) is -0.735. The lowest BCUT2D eigenvalue weighted by Gasteiger charge is -2.55. The van der Waals surface area contributed by atoms with Gasteiger partial charge in [0.15, 0.2) is 0 Å². The Hall–Kier alpha value is -0.0800. The summed E-state index contributed by atoms with van der Waals surface area (Å²) in [5.74, 6) is 0. The number of fused-ring (bicyclic) bond motifs is 1. The van der Waals surface area contributed by atoms with Crippen LogP contribution in [0.3, 0.4) is 0 Å². The van der Waals surface area contributed by atoms with Crippen LogP contribution < -0.4 is 0 Å². The molecule has 0 bridgehead atoms. The molecule has 2 fully saturated rings. The lowest BCUT2D eigenvalue weighted by atomic mass is 9.54. The first-order valence-electron chi connectivity index (χ1n) is 6.01. The van der Waals surface area contributed by atoms with Crippen molar-refractivity contribution in [3.8, 4) is 0 Å². The fraction of sp³-hybridized carbons (Fsp3) is 1.00. The maximum atomic E-state index is 10.7. The van der Waals surface area contributed by atoms with E-state index in [0.717, 1.165) is 38.5 Å². The van der Waals surface area contributed by atoms with Crippen LogP contribution in [0.1, 0.15) is 58.3 Å². The van der Waals surface area contributed by atoms with Gasteiger partial charge >= 0.3 is 0 Å². The number of hydrogen-bond donors (Lipinski definition) is 2. The fourth-order valence-electron chi connectivity index (χ4n) is 3.74. The molecule has 2 N–H and O–H groups in total. The van der Waals surface area contributed by atoms with Crippen LogP contribution >= 0.6 is 0 Å². The standard InChI is InChI=1S/C12H22O2/c1-10(13)11-6-2-4-8-12(11,14)9-5-3-7-11/h10,13-14H,2-9H2,1H3. The summed E-state index contributed by atoms with van der Waals surface area (Å²) in [5, 5.41) is 20.6. The number of hydrogen-bond acceptors (Lipinski definition) is 2. The SMILES string of the molecule is CC(O)C12CCCCC1(O)CCCC2. The van der Waals surface area contributed by atoms with Crippen molar-refractivity contribution >= 4 is 0 Å². The van der Waals surface area contributed by atoms with E-state index in [0.29, 0.717) is 0 Å². The summed E-state index contributed by atoms with van der Waals surface area (Å²) >= 11 is 0. The zero-order valence-corrected chi connectivity index (χ0v) is 9.13. The van der Waals surface area contributed by atoms with Crippen LogP contribution in [0.5, 0.6) is 0 Å². The molecule has 0 aliphatic heterocycles. The lowest BCUT2D eigenvalue weighted by Crippen LogP contribution is -2.57. The molecule has 0 saturated heterocycles. The van der Waals surface area contributed by atoms with Crippen molar-refractivity contribution in [2.45, 2.75) is 70.0 Å².